The largest absolute Gasteiger partial charge is 0.386 e. The number of hydrogen-bond acceptors (Lipinski definition) is 3. The molecular formula is C19H25F2N3O2. The van der Waals surface area contributed by atoms with E-state index in [1.165, 1.54) is 19.9 Å². The summed E-state index contributed by atoms with van der Waals surface area (Å²) in [6.07, 6.45) is 2.54. The van der Waals surface area contributed by atoms with Gasteiger partial charge in [-0.15, -0.1) is 0 Å². The molecule has 7 heteroatoms. The third-order valence-corrected chi connectivity index (χ3v) is 4.73. The Balaban J connectivity index is 2.08. The second-order valence-corrected chi connectivity index (χ2v) is 8.22. The molecule has 1 aliphatic rings. The molecule has 2 N–H and O–H groups in total. The van der Waals surface area contributed by atoms with E-state index in [2.05, 4.69) is 10.3 Å². The minimum Gasteiger partial charge on any atom is -0.386 e. The topological polar surface area (TPSA) is 67.2 Å². The highest BCUT2D eigenvalue weighted by Crippen LogP contribution is 2.39. The van der Waals surface area contributed by atoms with Gasteiger partial charge in [0.05, 0.1) is 17.5 Å². The van der Waals surface area contributed by atoms with Crippen molar-refractivity contribution in [2.24, 2.45) is 0 Å². The number of imidazole rings is 1. The van der Waals surface area contributed by atoms with Crippen LogP contribution in [0.2, 0.25) is 0 Å². The Morgan fingerprint density at radius 3 is 2.50 bits per heavy atom. The van der Waals surface area contributed by atoms with Crippen LogP contribution in [0.4, 0.5) is 14.7 Å². The van der Waals surface area contributed by atoms with Crippen molar-refractivity contribution in [3.63, 3.8) is 0 Å². The molecule has 0 bridgehead atoms. The number of nitrogens with zero attached hydrogens (tertiary/aromatic N) is 2. The summed E-state index contributed by atoms with van der Waals surface area (Å²) >= 11 is 0. The van der Waals surface area contributed by atoms with Gasteiger partial charge in [0.1, 0.15) is 11.2 Å². The molecule has 0 aliphatic heterocycles. The van der Waals surface area contributed by atoms with E-state index in [9.17, 15) is 18.7 Å². The van der Waals surface area contributed by atoms with Gasteiger partial charge in [-0.25, -0.2) is 13.8 Å². The maximum atomic E-state index is 14.6. The number of halogens is 2. The van der Waals surface area contributed by atoms with Gasteiger partial charge >= 0.3 is 0 Å². The van der Waals surface area contributed by atoms with Crippen molar-refractivity contribution in [1.82, 2.24) is 9.55 Å². The van der Waals surface area contributed by atoms with Gasteiger partial charge in [-0.2, -0.15) is 0 Å². The molecule has 1 aromatic heterocycles. The molecule has 1 aromatic carbocycles. The number of nitrogens with one attached hydrogen (secondary N) is 1. The summed E-state index contributed by atoms with van der Waals surface area (Å²) in [7, 11) is 0. The first-order chi connectivity index (χ1) is 12.0. The number of aromatic nitrogens is 2. The fourth-order valence-corrected chi connectivity index (χ4v) is 3.16. The van der Waals surface area contributed by atoms with Crippen LogP contribution in [-0.2, 0) is 10.4 Å². The first-order valence-electron chi connectivity index (χ1n) is 8.89. The Kier molecular flexibility index (Phi) is 4.55. The Labute approximate surface area is 151 Å². The molecule has 0 spiro atoms. The van der Waals surface area contributed by atoms with Crippen LogP contribution in [-0.4, -0.2) is 26.2 Å². The number of rotatable bonds is 5. The third kappa shape index (κ3) is 3.72. The lowest BCUT2D eigenvalue weighted by Gasteiger charge is -2.29. The Bertz CT molecular complexity index is 843. The number of hydrogen-bond donors (Lipinski definition) is 2. The van der Waals surface area contributed by atoms with Gasteiger partial charge in [0.15, 0.2) is 5.82 Å². The predicted molar refractivity (Wildman–Crippen MR) is 96.3 cm³/mol. The molecule has 1 fully saturated rings. The molecule has 2 aromatic rings. The molecule has 0 atom stereocenters. The SMILES string of the molecule is CC(C)(F)CC(=O)Nc1nc2c(F)cc(C(C)(C)O)cc2n1C1CCC1. The van der Waals surface area contributed by atoms with Crippen molar-refractivity contribution in [3.8, 4) is 0 Å². The summed E-state index contributed by atoms with van der Waals surface area (Å²) in [5.41, 5.74) is -1.74. The Morgan fingerprint density at radius 2 is 2.00 bits per heavy atom. The average Bonchev–Trinajstić information content (AvgIpc) is 2.73. The Morgan fingerprint density at radius 1 is 1.35 bits per heavy atom. The van der Waals surface area contributed by atoms with E-state index >= 15 is 0 Å². The average molecular weight is 365 g/mol. The minimum atomic E-state index is -1.64. The molecule has 26 heavy (non-hydrogen) atoms. The highest BCUT2D eigenvalue weighted by molar-refractivity contribution is 5.92. The molecule has 1 saturated carbocycles. The lowest BCUT2D eigenvalue weighted by atomic mass is 9.92. The van der Waals surface area contributed by atoms with Gasteiger partial charge in [-0.3, -0.25) is 10.1 Å². The summed E-state index contributed by atoms with van der Waals surface area (Å²) in [4.78, 5) is 16.4. The zero-order valence-corrected chi connectivity index (χ0v) is 15.6. The number of carbonyl (C=O) groups is 1. The van der Waals surface area contributed by atoms with Crippen LogP contribution < -0.4 is 5.32 Å². The van der Waals surface area contributed by atoms with E-state index in [4.69, 9.17) is 0 Å². The lowest BCUT2D eigenvalue weighted by molar-refractivity contribution is -0.118. The van der Waals surface area contributed by atoms with Crippen LogP contribution >= 0.6 is 0 Å². The molecule has 5 nitrogen and oxygen atoms in total. The quantitative estimate of drug-likeness (QED) is 0.834. The molecule has 1 aliphatic carbocycles. The third-order valence-electron chi connectivity index (χ3n) is 4.73. The molecule has 0 unspecified atom stereocenters. The smallest absolute Gasteiger partial charge is 0.229 e. The zero-order valence-electron chi connectivity index (χ0n) is 15.6. The summed E-state index contributed by atoms with van der Waals surface area (Å²) in [5.74, 6) is -0.832. The standard InChI is InChI=1S/C19H25F2N3O2/c1-18(2,21)10-15(25)22-17-23-16-13(20)8-11(19(3,4)26)9-14(16)24(17)12-6-5-7-12/h8-9,12,26H,5-7,10H2,1-4H3,(H,22,23,25). The second-order valence-electron chi connectivity index (χ2n) is 8.22. The van der Waals surface area contributed by atoms with Crippen molar-refractivity contribution < 1.29 is 18.7 Å². The monoisotopic (exact) mass is 365 g/mol. The zero-order chi connectivity index (χ0) is 19.3. The summed E-state index contributed by atoms with van der Waals surface area (Å²) in [5, 5.41) is 12.9. The molecule has 142 valence electrons. The van der Waals surface area contributed by atoms with Crippen molar-refractivity contribution in [3.05, 3.63) is 23.5 Å². The lowest BCUT2D eigenvalue weighted by Crippen LogP contribution is -2.26. The van der Waals surface area contributed by atoms with Crippen LogP contribution in [0.3, 0.4) is 0 Å². The normalized spacial score (nSPS) is 16.0. The number of alkyl halides is 1. The first kappa shape index (κ1) is 18.8. The van der Waals surface area contributed by atoms with E-state index in [0.29, 0.717) is 11.1 Å². The highest BCUT2D eigenvalue weighted by atomic mass is 19.1. The fraction of sp³-hybridized carbons (Fsp3) is 0.579. The summed E-state index contributed by atoms with van der Waals surface area (Å²) in [6, 6.07) is 3.07. The molecule has 1 amide bonds. The number of aliphatic hydroxyl groups is 1. The minimum absolute atomic E-state index is 0.102. The highest BCUT2D eigenvalue weighted by Gasteiger charge is 2.29. The predicted octanol–water partition coefficient (Wildman–Crippen LogP) is 4.20. The van der Waals surface area contributed by atoms with Crippen molar-refractivity contribution in [2.45, 2.75) is 70.7 Å². The van der Waals surface area contributed by atoms with Gasteiger partial charge in [0, 0.05) is 6.04 Å². The number of benzene rings is 1. The second kappa shape index (κ2) is 6.30. The van der Waals surface area contributed by atoms with E-state index in [-0.39, 0.29) is 23.9 Å². The van der Waals surface area contributed by atoms with Gasteiger partial charge in [-0.1, -0.05) is 0 Å². The number of carbonyl (C=O) groups excluding carboxylic acids is 1. The Hall–Kier alpha value is -2.02. The van der Waals surface area contributed by atoms with E-state index in [0.717, 1.165) is 19.3 Å². The van der Waals surface area contributed by atoms with Crippen LogP contribution in [0.25, 0.3) is 11.0 Å². The van der Waals surface area contributed by atoms with Crippen LogP contribution in [0.15, 0.2) is 12.1 Å². The molecular weight excluding hydrogens is 340 g/mol. The van der Waals surface area contributed by atoms with Gasteiger partial charge < -0.3 is 9.67 Å². The van der Waals surface area contributed by atoms with Crippen molar-refractivity contribution >= 4 is 22.9 Å². The van der Waals surface area contributed by atoms with Crippen molar-refractivity contribution in [2.75, 3.05) is 5.32 Å². The molecule has 1 heterocycles. The first-order valence-corrected chi connectivity index (χ1v) is 8.89. The van der Waals surface area contributed by atoms with E-state index in [1.54, 1.807) is 24.5 Å². The molecule has 0 saturated heterocycles. The number of anilines is 1. The van der Waals surface area contributed by atoms with Gasteiger partial charge in [0.2, 0.25) is 11.9 Å². The summed E-state index contributed by atoms with van der Waals surface area (Å²) < 4.78 is 30.2. The maximum Gasteiger partial charge on any atom is 0.229 e. The van der Waals surface area contributed by atoms with Gasteiger partial charge in [-0.05, 0) is 64.7 Å². The number of amides is 1. The summed E-state index contributed by atoms with van der Waals surface area (Å²) in [6.45, 7) is 5.83. The fourth-order valence-electron chi connectivity index (χ4n) is 3.16. The van der Waals surface area contributed by atoms with Crippen molar-refractivity contribution in [1.29, 1.82) is 0 Å². The van der Waals surface area contributed by atoms with Gasteiger partial charge in [0.25, 0.3) is 0 Å². The van der Waals surface area contributed by atoms with E-state index in [1.807, 2.05) is 0 Å². The number of fused-ring (bicyclic) bond motifs is 1. The van der Waals surface area contributed by atoms with Crippen LogP contribution in [0.5, 0.6) is 0 Å². The molecule has 0 radical (unpaired) electrons. The maximum absolute atomic E-state index is 14.6. The molecule has 3 rings (SSSR count). The van der Waals surface area contributed by atoms with E-state index < -0.39 is 23.0 Å². The van der Waals surface area contributed by atoms with Crippen LogP contribution in [0.1, 0.15) is 65.0 Å². The van der Waals surface area contributed by atoms with Crippen LogP contribution in [0, 0.1) is 5.82 Å².